The van der Waals surface area contributed by atoms with Gasteiger partial charge in [0.2, 0.25) is 0 Å². The Hall–Kier alpha value is -4.53. The van der Waals surface area contributed by atoms with Gasteiger partial charge in [-0.15, -0.1) is 0 Å². The van der Waals surface area contributed by atoms with Gasteiger partial charge in [0.25, 0.3) is 5.56 Å². The van der Waals surface area contributed by atoms with Gasteiger partial charge in [0.05, 0.1) is 29.3 Å². The highest BCUT2D eigenvalue weighted by atomic mass is 35.5. The minimum Gasteiger partial charge on any atom is -0.340 e. The highest BCUT2D eigenvalue weighted by Gasteiger charge is 2.18. The van der Waals surface area contributed by atoms with Crippen LogP contribution in [0.5, 0.6) is 0 Å². The second-order valence-electron chi connectivity index (χ2n) is 8.43. The number of nitrogens with one attached hydrogen (secondary N) is 1. The van der Waals surface area contributed by atoms with Gasteiger partial charge in [-0.05, 0) is 29.8 Å². The number of hydrogen-bond donors (Lipinski definition) is 1. The topological polar surface area (TPSA) is 105 Å². The Morgan fingerprint density at radius 1 is 0.974 bits per heavy atom. The van der Waals surface area contributed by atoms with Gasteiger partial charge >= 0.3 is 12.2 Å². The average molecular weight is 567 g/mol. The smallest absolute Gasteiger partial charge is 0.333 e. The van der Waals surface area contributed by atoms with Crippen molar-refractivity contribution in [1.29, 1.82) is 0 Å². The van der Waals surface area contributed by atoms with Gasteiger partial charge in [-0.2, -0.15) is 19.0 Å². The molecule has 0 fully saturated rings. The normalized spacial score (nSPS) is 11.6. The van der Waals surface area contributed by atoms with Crippen molar-refractivity contribution in [3.05, 3.63) is 97.6 Å². The number of halogens is 6. The zero-order chi connectivity index (χ0) is 28.0. The zero-order valence-corrected chi connectivity index (χ0v) is 20.5. The number of nitrogens with zero attached hydrogens (tertiary/aromatic N) is 7. The van der Waals surface area contributed by atoms with Crippen LogP contribution in [0, 0.1) is 17.5 Å². The van der Waals surface area contributed by atoms with E-state index in [9.17, 15) is 31.5 Å². The molecule has 0 spiro atoms. The Balaban J connectivity index is 1.62. The molecule has 0 bridgehead atoms. The molecular weight excluding hydrogens is 551 g/mol. The summed E-state index contributed by atoms with van der Waals surface area (Å²) in [5, 5.41) is 10.9. The molecule has 0 aliphatic heterocycles. The largest absolute Gasteiger partial charge is 0.340 e. The fourth-order valence-corrected chi connectivity index (χ4v) is 4.10. The summed E-state index contributed by atoms with van der Waals surface area (Å²) >= 11 is 6.30. The van der Waals surface area contributed by atoms with Gasteiger partial charge in [0.15, 0.2) is 23.3 Å². The molecule has 0 atom stereocenters. The third kappa shape index (κ3) is 5.12. The van der Waals surface area contributed by atoms with Crippen LogP contribution in [0.3, 0.4) is 0 Å². The first-order chi connectivity index (χ1) is 18.5. The van der Waals surface area contributed by atoms with Crippen LogP contribution < -0.4 is 16.6 Å². The molecule has 0 amide bonds. The maximum absolute atomic E-state index is 13.9. The van der Waals surface area contributed by atoms with Crippen LogP contribution in [0.25, 0.3) is 10.9 Å². The van der Waals surface area contributed by atoms with E-state index in [2.05, 4.69) is 20.5 Å². The summed E-state index contributed by atoms with van der Waals surface area (Å²) in [4.78, 5) is 30.4. The Morgan fingerprint density at radius 3 is 2.33 bits per heavy atom. The number of fused-ring (bicyclic) bond motifs is 1. The third-order valence-corrected chi connectivity index (χ3v) is 6.00. The zero-order valence-electron chi connectivity index (χ0n) is 19.7. The fourth-order valence-electron chi connectivity index (χ4n) is 3.90. The number of hydrogen-bond acceptors (Lipinski definition) is 6. The minimum absolute atomic E-state index is 0.0155. The second-order valence-corrected chi connectivity index (χ2v) is 8.84. The van der Waals surface area contributed by atoms with E-state index < -0.39 is 41.8 Å². The van der Waals surface area contributed by atoms with Crippen molar-refractivity contribution in [2.24, 2.45) is 7.05 Å². The Labute approximate surface area is 219 Å². The molecule has 0 aliphatic carbocycles. The molecule has 5 rings (SSSR count). The molecule has 39 heavy (non-hydrogen) atoms. The summed E-state index contributed by atoms with van der Waals surface area (Å²) in [7, 11) is 1.59. The second kappa shape index (κ2) is 9.98. The van der Waals surface area contributed by atoms with Crippen LogP contribution in [0.4, 0.5) is 33.5 Å². The van der Waals surface area contributed by atoms with Crippen LogP contribution in [0.15, 0.2) is 52.4 Å². The van der Waals surface area contributed by atoms with E-state index in [0.717, 1.165) is 21.4 Å². The Morgan fingerprint density at radius 2 is 1.69 bits per heavy atom. The predicted octanol–water partition coefficient (Wildman–Crippen LogP) is 3.79. The molecule has 0 saturated heterocycles. The van der Waals surface area contributed by atoms with Crippen LogP contribution in [0.2, 0.25) is 5.02 Å². The van der Waals surface area contributed by atoms with Crippen LogP contribution >= 0.6 is 11.6 Å². The van der Waals surface area contributed by atoms with E-state index in [1.54, 1.807) is 7.05 Å². The van der Waals surface area contributed by atoms with E-state index in [-0.39, 0.29) is 45.4 Å². The minimum atomic E-state index is -2.89. The lowest BCUT2D eigenvalue weighted by Crippen LogP contribution is -2.41. The van der Waals surface area contributed by atoms with Crippen molar-refractivity contribution in [3.63, 3.8) is 0 Å². The monoisotopic (exact) mass is 566 g/mol. The summed E-state index contributed by atoms with van der Waals surface area (Å²) in [5.41, 5.74) is -1.53. The highest BCUT2D eigenvalue weighted by molar-refractivity contribution is 6.34. The quantitative estimate of drug-likeness (QED) is 0.237. The lowest BCUT2D eigenvalue weighted by atomic mass is 10.2. The maximum Gasteiger partial charge on any atom is 0.333 e. The lowest BCUT2D eigenvalue weighted by molar-refractivity contribution is 0.0574. The van der Waals surface area contributed by atoms with Crippen LogP contribution in [-0.4, -0.2) is 33.7 Å². The van der Waals surface area contributed by atoms with Gasteiger partial charge in [0, 0.05) is 24.7 Å². The van der Waals surface area contributed by atoms with Gasteiger partial charge in [-0.3, -0.25) is 18.6 Å². The van der Waals surface area contributed by atoms with Crippen molar-refractivity contribution in [1.82, 2.24) is 33.7 Å². The number of benzene rings is 2. The van der Waals surface area contributed by atoms with Crippen molar-refractivity contribution >= 4 is 34.0 Å². The fraction of sp³-hybridized carbons (Fsp3) is 0.174. The molecule has 3 heterocycles. The Kier molecular flexibility index (Phi) is 6.68. The number of aryl methyl sites for hydroxylation is 1. The molecular formula is C23H16ClF5N8O2. The first-order valence-corrected chi connectivity index (χ1v) is 11.4. The number of anilines is 2. The molecule has 0 radical (unpaired) electrons. The highest BCUT2D eigenvalue weighted by Crippen LogP contribution is 2.30. The van der Waals surface area contributed by atoms with Gasteiger partial charge in [-0.1, -0.05) is 11.6 Å². The molecule has 16 heteroatoms. The van der Waals surface area contributed by atoms with E-state index in [4.69, 9.17) is 11.6 Å². The number of alkyl halides is 2. The summed E-state index contributed by atoms with van der Waals surface area (Å²) in [6.07, 6.45) is 2.45. The molecule has 0 unspecified atom stereocenters. The first kappa shape index (κ1) is 26.1. The predicted molar refractivity (Wildman–Crippen MR) is 130 cm³/mol. The van der Waals surface area contributed by atoms with Crippen molar-refractivity contribution < 1.29 is 22.0 Å². The molecule has 202 valence electrons. The van der Waals surface area contributed by atoms with Crippen molar-refractivity contribution in [2.45, 2.75) is 19.6 Å². The van der Waals surface area contributed by atoms with E-state index in [1.165, 1.54) is 23.1 Å². The first-order valence-electron chi connectivity index (χ1n) is 11.1. The molecule has 5 aromatic rings. The van der Waals surface area contributed by atoms with E-state index in [1.807, 2.05) is 0 Å². The lowest BCUT2D eigenvalue weighted by Gasteiger charge is -2.17. The molecule has 0 aliphatic rings. The van der Waals surface area contributed by atoms with E-state index in [0.29, 0.717) is 16.8 Å². The molecule has 3 aromatic heterocycles. The Bertz CT molecular complexity index is 1820. The van der Waals surface area contributed by atoms with E-state index >= 15 is 0 Å². The molecule has 2 aromatic carbocycles. The van der Waals surface area contributed by atoms with Crippen LogP contribution in [0.1, 0.15) is 17.9 Å². The standard InChI is InChI=1S/C23H16ClF5N8O2/c1-34-10-30-18(33-34)9-36-20(38)6-19(35(23(36)39)7-11-2-14(25)21(27)15(26)3-11)31-17-4-12-8-37(22(28)29)32-16(12)5-13(17)24/h2-6,8,10,22,31H,7,9H2,1H3. The molecule has 0 saturated carbocycles. The SMILES string of the molecule is Cn1cnc(Cn2c(=O)cc(Nc3cc4cn(C(F)F)nc4cc3Cl)n(Cc3cc(F)c(F)c(F)c3)c2=O)n1. The van der Waals surface area contributed by atoms with Crippen LogP contribution in [-0.2, 0) is 20.1 Å². The van der Waals surface area contributed by atoms with Gasteiger partial charge in [-0.25, -0.2) is 27.6 Å². The van der Waals surface area contributed by atoms with Gasteiger partial charge in [0.1, 0.15) is 12.1 Å². The third-order valence-electron chi connectivity index (χ3n) is 5.68. The van der Waals surface area contributed by atoms with Crippen molar-refractivity contribution in [2.75, 3.05) is 5.32 Å². The molecule has 1 N–H and O–H groups in total. The number of rotatable bonds is 7. The van der Waals surface area contributed by atoms with Crippen molar-refractivity contribution in [3.8, 4) is 0 Å². The van der Waals surface area contributed by atoms with Gasteiger partial charge < -0.3 is 5.32 Å². The molecule has 10 nitrogen and oxygen atoms in total. The average Bonchev–Trinajstić information content (AvgIpc) is 3.48. The number of aromatic nitrogens is 7. The maximum atomic E-state index is 13.9. The summed E-state index contributed by atoms with van der Waals surface area (Å²) in [6.45, 7) is -3.70. The summed E-state index contributed by atoms with van der Waals surface area (Å²) in [5.74, 6) is -4.62. The summed E-state index contributed by atoms with van der Waals surface area (Å²) in [6, 6.07) is 5.13. The summed E-state index contributed by atoms with van der Waals surface area (Å²) < 4.78 is 71.1.